The van der Waals surface area contributed by atoms with Crippen LogP contribution in [0.15, 0.2) is 24.5 Å². The Balaban J connectivity index is 1.30. The van der Waals surface area contributed by atoms with Gasteiger partial charge in [0.15, 0.2) is 0 Å². The number of fused-ring (bicyclic) bond motifs is 2. The van der Waals surface area contributed by atoms with Gasteiger partial charge in [0.25, 0.3) is 0 Å². The summed E-state index contributed by atoms with van der Waals surface area (Å²) in [5.74, 6) is 0.639. The number of hydrogen-bond donors (Lipinski definition) is 0. The lowest BCUT2D eigenvalue weighted by molar-refractivity contribution is 0.245. The monoisotopic (exact) mass is 380 g/mol. The van der Waals surface area contributed by atoms with Crippen LogP contribution >= 0.6 is 0 Å². The van der Waals surface area contributed by atoms with E-state index in [-0.39, 0.29) is 5.82 Å². The van der Waals surface area contributed by atoms with E-state index in [0.717, 1.165) is 50.3 Å². The summed E-state index contributed by atoms with van der Waals surface area (Å²) in [5.41, 5.74) is 4.83. The first kappa shape index (κ1) is 17.6. The standard InChI is InChI=1S/C21H25FN6/c1-26-20-5-3-2-4-16(20)19(25-26)13-27-8-10-28(11-9-27)21-17-7-6-15(22)12-18(17)23-14-24-21/h6-7,12,14H,2-5,8-11,13H2,1H3. The molecular formula is C21H25FN6. The second kappa shape index (κ2) is 7.13. The van der Waals surface area contributed by atoms with Gasteiger partial charge in [-0.25, -0.2) is 14.4 Å². The summed E-state index contributed by atoms with van der Waals surface area (Å²) in [4.78, 5) is 13.5. The molecule has 0 bridgehead atoms. The predicted molar refractivity (Wildman–Crippen MR) is 107 cm³/mol. The van der Waals surface area contributed by atoms with Crippen LogP contribution in [0.4, 0.5) is 10.2 Å². The van der Waals surface area contributed by atoms with Gasteiger partial charge < -0.3 is 4.90 Å². The second-order valence-electron chi connectivity index (χ2n) is 7.82. The molecule has 5 rings (SSSR count). The average Bonchev–Trinajstić information content (AvgIpc) is 3.04. The number of rotatable bonds is 3. The molecule has 1 aliphatic carbocycles. The number of aromatic nitrogens is 4. The highest BCUT2D eigenvalue weighted by Gasteiger charge is 2.24. The molecule has 1 aromatic carbocycles. The molecule has 2 aromatic heterocycles. The van der Waals surface area contributed by atoms with Crippen molar-refractivity contribution in [1.82, 2.24) is 24.6 Å². The van der Waals surface area contributed by atoms with Gasteiger partial charge in [-0.15, -0.1) is 0 Å². The van der Waals surface area contributed by atoms with E-state index in [9.17, 15) is 4.39 Å². The lowest BCUT2D eigenvalue weighted by Crippen LogP contribution is -2.46. The summed E-state index contributed by atoms with van der Waals surface area (Å²) in [6.07, 6.45) is 6.42. The fourth-order valence-electron chi connectivity index (χ4n) is 4.58. The zero-order valence-corrected chi connectivity index (χ0v) is 16.2. The van der Waals surface area contributed by atoms with Crippen molar-refractivity contribution >= 4 is 16.7 Å². The fraction of sp³-hybridized carbons (Fsp3) is 0.476. The molecule has 7 heteroatoms. The largest absolute Gasteiger partial charge is 0.353 e. The number of nitrogens with zero attached hydrogens (tertiary/aromatic N) is 6. The topological polar surface area (TPSA) is 50.1 Å². The molecule has 0 unspecified atom stereocenters. The van der Waals surface area contributed by atoms with E-state index in [4.69, 9.17) is 5.10 Å². The number of benzene rings is 1. The van der Waals surface area contributed by atoms with Crippen molar-refractivity contribution in [3.05, 3.63) is 47.3 Å². The highest BCUT2D eigenvalue weighted by molar-refractivity contribution is 5.89. The molecule has 1 aliphatic heterocycles. The Morgan fingerprint density at radius 1 is 1.04 bits per heavy atom. The van der Waals surface area contributed by atoms with Gasteiger partial charge in [0, 0.05) is 56.9 Å². The smallest absolute Gasteiger partial charge is 0.139 e. The Hall–Kier alpha value is -2.54. The van der Waals surface area contributed by atoms with Crippen LogP contribution in [0, 0.1) is 5.82 Å². The first-order chi connectivity index (χ1) is 13.7. The molecule has 146 valence electrons. The lowest BCUT2D eigenvalue weighted by Gasteiger charge is -2.35. The lowest BCUT2D eigenvalue weighted by atomic mass is 9.95. The van der Waals surface area contributed by atoms with Crippen molar-refractivity contribution in [1.29, 1.82) is 0 Å². The molecule has 0 N–H and O–H groups in total. The average molecular weight is 380 g/mol. The van der Waals surface area contributed by atoms with Crippen molar-refractivity contribution in [2.24, 2.45) is 7.05 Å². The van der Waals surface area contributed by atoms with Gasteiger partial charge in [-0.1, -0.05) is 0 Å². The van der Waals surface area contributed by atoms with Gasteiger partial charge in [0.1, 0.15) is 18.0 Å². The first-order valence-electron chi connectivity index (χ1n) is 10.1. The van der Waals surface area contributed by atoms with Crippen molar-refractivity contribution in [2.45, 2.75) is 32.2 Å². The predicted octanol–water partition coefficient (Wildman–Crippen LogP) is 2.70. The van der Waals surface area contributed by atoms with Crippen LogP contribution in [0.3, 0.4) is 0 Å². The number of halogens is 1. The van der Waals surface area contributed by atoms with E-state index in [0.29, 0.717) is 5.52 Å². The normalized spacial score (nSPS) is 17.9. The number of anilines is 1. The van der Waals surface area contributed by atoms with Gasteiger partial charge in [-0.3, -0.25) is 9.58 Å². The molecule has 1 saturated heterocycles. The van der Waals surface area contributed by atoms with Crippen LogP contribution in [0.2, 0.25) is 0 Å². The van der Waals surface area contributed by atoms with E-state index in [1.165, 1.54) is 54.7 Å². The second-order valence-corrected chi connectivity index (χ2v) is 7.82. The highest BCUT2D eigenvalue weighted by atomic mass is 19.1. The highest BCUT2D eigenvalue weighted by Crippen LogP contribution is 2.27. The Bertz CT molecular complexity index is 1010. The summed E-state index contributed by atoms with van der Waals surface area (Å²) in [5, 5.41) is 5.73. The van der Waals surface area contributed by atoms with E-state index < -0.39 is 0 Å². The summed E-state index contributed by atoms with van der Waals surface area (Å²) < 4.78 is 15.6. The van der Waals surface area contributed by atoms with Crippen LogP contribution in [0.1, 0.15) is 29.8 Å². The summed E-state index contributed by atoms with van der Waals surface area (Å²) in [6, 6.07) is 4.74. The Morgan fingerprint density at radius 2 is 1.86 bits per heavy atom. The molecule has 28 heavy (non-hydrogen) atoms. The summed E-state index contributed by atoms with van der Waals surface area (Å²) in [6.45, 7) is 4.67. The van der Waals surface area contributed by atoms with E-state index in [1.54, 1.807) is 6.07 Å². The maximum atomic E-state index is 13.5. The number of hydrogen-bond acceptors (Lipinski definition) is 5. The molecule has 0 atom stereocenters. The third-order valence-electron chi connectivity index (χ3n) is 6.07. The van der Waals surface area contributed by atoms with Crippen LogP contribution in [-0.2, 0) is 26.4 Å². The number of piperazine rings is 1. The SMILES string of the molecule is Cn1nc(CN2CCN(c3ncnc4cc(F)ccc34)CC2)c2c1CCCC2. The van der Waals surface area contributed by atoms with Gasteiger partial charge in [-0.2, -0.15) is 5.10 Å². The fourth-order valence-corrected chi connectivity index (χ4v) is 4.58. The minimum atomic E-state index is -0.263. The van der Waals surface area contributed by atoms with Crippen LogP contribution < -0.4 is 4.90 Å². The van der Waals surface area contributed by atoms with Crippen LogP contribution in [-0.4, -0.2) is 50.8 Å². The number of aryl methyl sites for hydroxylation is 1. The zero-order chi connectivity index (χ0) is 19.1. The minimum Gasteiger partial charge on any atom is -0.353 e. The van der Waals surface area contributed by atoms with Crippen molar-refractivity contribution in [3.8, 4) is 0 Å². The van der Waals surface area contributed by atoms with Crippen LogP contribution in [0.25, 0.3) is 10.9 Å². The molecule has 3 aromatic rings. The minimum absolute atomic E-state index is 0.263. The molecule has 1 fully saturated rings. The first-order valence-corrected chi connectivity index (χ1v) is 10.1. The third-order valence-corrected chi connectivity index (χ3v) is 6.07. The molecule has 0 spiro atoms. The maximum absolute atomic E-state index is 13.5. The van der Waals surface area contributed by atoms with Gasteiger partial charge in [0.2, 0.25) is 0 Å². The Labute approximate surface area is 164 Å². The van der Waals surface area contributed by atoms with Crippen molar-refractivity contribution in [2.75, 3.05) is 31.1 Å². The molecular weight excluding hydrogens is 355 g/mol. The van der Waals surface area contributed by atoms with E-state index in [1.807, 2.05) is 0 Å². The maximum Gasteiger partial charge on any atom is 0.139 e. The zero-order valence-electron chi connectivity index (χ0n) is 16.2. The quantitative estimate of drug-likeness (QED) is 0.699. The Morgan fingerprint density at radius 3 is 2.71 bits per heavy atom. The Kier molecular flexibility index (Phi) is 4.47. The van der Waals surface area contributed by atoms with Crippen molar-refractivity contribution in [3.63, 3.8) is 0 Å². The van der Waals surface area contributed by atoms with Gasteiger partial charge in [0.05, 0.1) is 11.2 Å². The summed E-state index contributed by atoms with van der Waals surface area (Å²) in [7, 11) is 2.08. The molecule has 2 aliphatic rings. The van der Waals surface area contributed by atoms with Crippen LogP contribution in [0.5, 0.6) is 0 Å². The van der Waals surface area contributed by atoms with Gasteiger partial charge >= 0.3 is 0 Å². The van der Waals surface area contributed by atoms with E-state index >= 15 is 0 Å². The molecule has 0 radical (unpaired) electrons. The molecule has 0 amide bonds. The molecule has 0 saturated carbocycles. The molecule has 6 nitrogen and oxygen atoms in total. The van der Waals surface area contributed by atoms with E-state index in [2.05, 4.69) is 31.5 Å². The molecule has 3 heterocycles. The van der Waals surface area contributed by atoms with Crippen molar-refractivity contribution < 1.29 is 4.39 Å². The third kappa shape index (κ3) is 3.13. The van der Waals surface area contributed by atoms with Gasteiger partial charge in [-0.05, 0) is 43.4 Å². The summed E-state index contributed by atoms with van der Waals surface area (Å²) >= 11 is 0.